The molecule has 3 rings (SSSR count). The first-order valence-electron chi connectivity index (χ1n) is 6.65. The third-order valence-electron chi connectivity index (χ3n) is 3.70. The lowest BCUT2D eigenvalue weighted by atomic mass is 10.0. The summed E-state index contributed by atoms with van der Waals surface area (Å²) in [5.41, 5.74) is 9.44. The highest BCUT2D eigenvalue weighted by atomic mass is 16.5. The van der Waals surface area contributed by atoms with Crippen molar-refractivity contribution in [3.8, 4) is 16.9 Å². The summed E-state index contributed by atoms with van der Waals surface area (Å²) in [5.74, 6) is 2.36. The van der Waals surface area contributed by atoms with Crippen LogP contribution in [0.1, 0.15) is 18.5 Å². The fourth-order valence-electron chi connectivity index (χ4n) is 2.43. The minimum atomic E-state index is 0.726. The number of nitrogen functional groups attached to an aromatic ring is 1. The predicted molar refractivity (Wildman–Crippen MR) is 76.0 cm³/mol. The third kappa shape index (κ3) is 2.30. The van der Waals surface area contributed by atoms with Gasteiger partial charge in [0.05, 0.1) is 12.8 Å². The molecule has 1 saturated carbocycles. The molecule has 2 N–H and O–H groups in total. The van der Waals surface area contributed by atoms with Gasteiger partial charge in [0, 0.05) is 12.6 Å². The van der Waals surface area contributed by atoms with E-state index in [2.05, 4.69) is 11.2 Å². The van der Waals surface area contributed by atoms with Gasteiger partial charge in [0.1, 0.15) is 11.6 Å². The number of hydrogen-bond donors (Lipinski definition) is 1. The van der Waals surface area contributed by atoms with E-state index >= 15 is 0 Å². The monoisotopic (exact) mass is 257 g/mol. The second-order valence-electron chi connectivity index (χ2n) is 5.21. The molecule has 1 aliphatic rings. The molecule has 1 heterocycles. The van der Waals surface area contributed by atoms with Crippen LogP contribution in [0.5, 0.6) is 5.75 Å². The van der Waals surface area contributed by atoms with E-state index in [0.717, 1.165) is 40.7 Å². The van der Waals surface area contributed by atoms with Crippen LogP contribution in [0.4, 0.5) is 5.82 Å². The third-order valence-corrected chi connectivity index (χ3v) is 3.70. The van der Waals surface area contributed by atoms with Gasteiger partial charge < -0.3 is 10.5 Å². The van der Waals surface area contributed by atoms with E-state index in [1.165, 1.54) is 12.8 Å². The van der Waals surface area contributed by atoms with Gasteiger partial charge in [-0.3, -0.25) is 4.68 Å². The van der Waals surface area contributed by atoms with Crippen molar-refractivity contribution in [3.05, 3.63) is 30.0 Å². The minimum Gasteiger partial charge on any atom is -0.497 e. The second-order valence-corrected chi connectivity index (χ2v) is 5.21. The minimum absolute atomic E-state index is 0.726. The van der Waals surface area contributed by atoms with Crippen molar-refractivity contribution < 1.29 is 4.74 Å². The highest BCUT2D eigenvalue weighted by Gasteiger charge is 2.26. The number of ether oxygens (including phenoxy) is 1. The highest BCUT2D eigenvalue weighted by molar-refractivity contribution is 5.77. The number of aryl methyl sites for hydroxylation is 1. The number of rotatable bonds is 4. The van der Waals surface area contributed by atoms with Crippen LogP contribution < -0.4 is 10.5 Å². The molecule has 1 aromatic heterocycles. The first-order chi connectivity index (χ1) is 9.19. The summed E-state index contributed by atoms with van der Waals surface area (Å²) >= 11 is 0. The van der Waals surface area contributed by atoms with Crippen LogP contribution in [-0.4, -0.2) is 16.9 Å². The summed E-state index contributed by atoms with van der Waals surface area (Å²) in [7, 11) is 3.58. The number of nitrogens with zero attached hydrogens (tertiary/aromatic N) is 2. The van der Waals surface area contributed by atoms with Crippen molar-refractivity contribution in [2.24, 2.45) is 13.0 Å². The largest absolute Gasteiger partial charge is 0.497 e. The number of anilines is 1. The van der Waals surface area contributed by atoms with Gasteiger partial charge in [-0.25, -0.2) is 0 Å². The highest BCUT2D eigenvalue weighted by Crippen LogP contribution is 2.38. The van der Waals surface area contributed by atoms with Crippen LogP contribution in [0.25, 0.3) is 11.1 Å². The van der Waals surface area contributed by atoms with Gasteiger partial charge in [-0.05, 0) is 42.9 Å². The lowest BCUT2D eigenvalue weighted by Crippen LogP contribution is -1.98. The molecular weight excluding hydrogens is 238 g/mol. The molecule has 100 valence electrons. The normalized spacial score (nSPS) is 14.6. The zero-order valence-electron chi connectivity index (χ0n) is 11.4. The molecule has 1 aromatic carbocycles. The van der Waals surface area contributed by atoms with Gasteiger partial charge in [0.25, 0.3) is 0 Å². The van der Waals surface area contributed by atoms with Gasteiger partial charge in [0.2, 0.25) is 0 Å². The Morgan fingerprint density at radius 2 is 2.21 bits per heavy atom. The van der Waals surface area contributed by atoms with E-state index in [1.807, 2.05) is 25.2 Å². The van der Waals surface area contributed by atoms with Crippen molar-refractivity contribution >= 4 is 5.82 Å². The number of methoxy groups -OCH3 is 1. The fourth-order valence-corrected chi connectivity index (χ4v) is 2.43. The number of nitrogens with two attached hydrogens (primary N) is 1. The van der Waals surface area contributed by atoms with Crippen LogP contribution in [-0.2, 0) is 13.5 Å². The molecule has 0 bridgehead atoms. The second kappa shape index (κ2) is 4.61. The Labute approximate surface area is 113 Å². The molecular formula is C15H19N3O. The van der Waals surface area contributed by atoms with E-state index in [1.54, 1.807) is 11.8 Å². The summed E-state index contributed by atoms with van der Waals surface area (Å²) in [4.78, 5) is 0. The SMILES string of the molecule is COc1cccc(-c2c(CC3CC3)nn(C)c2N)c1. The maximum atomic E-state index is 6.18. The van der Waals surface area contributed by atoms with Crippen molar-refractivity contribution in [3.63, 3.8) is 0 Å². The van der Waals surface area contributed by atoms with Crippen LogP contribution in [0.3, 0.4) is 0 Å². The predicted octanol–water partition coefficient (Wildman–Crippen LogP) is 2.63. The molecule has 0 aliphatic heterocycles. The van der Waals surface area contributed by atoms with Crippen LogP contribution >= 0.6 is 0 Å². The first-order valence-corrected chi connectivity index (χ1v) is 6.65. The average molecular weight is 257 g/mol. The zero-order valence-corrected chi connectivity index (χ0v) is 11.4. The Bertz CT molecular complexity index is 599. The van der Waals surface area contributed by atoms with Gasteiger partial charge in [-0.15, -0.1) is 0 Å². The van der Waals surface area contributed by atoms with Crippen molar-refractivity contribution in [1.82, 2.24) is 9.78 Å². The van der Waals surface area contributed by atoms with Gasteiger partial charge >= 0.3 is 0 Å². The maximum absolute atomic E-state index is 6.18. The summed E-state index contributed by atoms with van der Waals surface area (Å²) in [6.07, 6.45) is 3.65. The van der Waals surface area contributed by atoms with Gasteiger partial charge in [-0.1, -0.05) is 12.1 Å². The zero-order chi connectivity index (χ0) is 13.4. The van der Waals surface area contributed by atoms with Crippen LogP contribution in [0, 0.1) is 5.92 Å². The van der Waals surface area contributed by atoms with Crippen LogP contribution in [0.2, 0.25) is 0 Å². The smallest absolute Gasteiger partial charge is 0.129 e. The Kier molecular flexibility index (Phi) is 2.93. The number of hydrogen-bond acceptors (Lipinski definition) is 3. The molecule has 0 unspecified atom stereocenters. The van der Waals surface area contributed by atoms with Crippen molar-refractivity contribution in [2.75, 3.05) is 12.8 Å². The molecule has 1 fully saturated rings. The van der Waals surface area contributed by atoms with E-state index in [4.69, 9.17) is 10.5 Å². The molecule has 0 amide bonds. The summed E-state index contributed by atoms with van der Waals surface area (Å²) in [5, 5.41) is 4.57. The topological polar surface area (TPSA) is 53.1 Å². The molecule has 1 aliphatic carbocycles. The molecule has 19 heavy (non-hydrogen) atoms. The lowest BCUT2D eigenvalue weighted by Gasteiger charge is -2.06. The maximum Gasteiger partial charge on any atom is 0.129 e. The molecule has 0 saturated heterocycles. The van der Waals surface area contributed by atoms with Gasteiger partial charge in [-0.2, -0.15) is 5.10 Å². The van der Waals surface area contributed by atoms with E-state index in [9.17, 15) is 0 Å². The molecule has 0 radical (unpaired) electrons. The van der Waals surface area contributed by atoms with Crippen molar-refractivity contribution in [1.29, 1.82) is 0 Å². The summed E-state index contributed by atoms with van der Waals surface area (Å²) in [6, 6.07) is 8.01. The summed E-state index contributed by atoms with van der Waals surface area (Å²) < 4.78 is 7.06. The van der Waals surface area contributed by atoms with Crippen LogP contribution in [0.15, 0.2) is 24.3 Å². The quantitative estimate of drug-likeness (QED) is 0.916. The van der Waals surface area contributed by atoms with E-state index < -0.39 is 0 Å². The van der Waals surface area contributed by atoms with E-state index in [-0.39, 0.29) is 0 Å². The fraction of sp³-hybridized carbons (Fsp3) is 0.400. The molecule has 0 atom stereocenters. The van der Waals surface area contributed by atoms with Gasteiger partial charge in [0.15, 0.2) is 0 Å². The standard InChI is InChI=1S/C15H19N3O/c1-18-15(16)14(13(17-18)8-10-6-7-10)11-4-3-5-12(9-11)19-2/h3-5,9-10H,6-8,16H2,1-2H3. The molecule has 2 aromatic rings. The molecule has 4 nitrogen and oxygen atoms in total. The Morgan fingerprint density at radius 1 is 1.42 bits per heavy atom. The Hall–Kier alpha value is -1.97. The lowest BCUT2D eigenvalue weighted by molar-refractivity contribution is 0.415. The Balaban J connectivity index is 2.05. The van der Waals surface area contributed by atoms with E-state index in [0.29, 0.717) is 0 Å². The van der Waals surface area contributed by atoms with Crippen molar-refractivity contribution in [2.45, 2.75) is 19.3 Å². The first kappa shape index (κ1) is 12.1. The molecule has 4 heteroatoms. The number of benzene rings is 1. The Morgan fingerprint density at radius 3 is 2.89 bits per heavy atom. The summed E-state index contributed by atoms with van der Waals surface area (Å²) in [6.45, 7) is 0. The average Bonchev–Trinajstić information content (AvgIpc) is 3.18. The number of aromatic nitrogens is 2. The molecule has 0 spiro atoms.